The predicted molar refractivity (Wildman–Crippen MR) is 72.9 cm³/mol. The molecule has 0 radical (unpaired) electrons. The SMILES string of the molecule is CN(Cc1ccc(C(=O)O)o1)Cc1cc(Br)cs1. The molecule has 2 heterocycles. The molecular formula is C12H12BrNO3S. The van der Waals surface area contributed by atoms with Crippen molar-refractivity contribution >= 4 is 33.2 Å². The fourth-order valence-corrected chi connectivity index (χ4v) is 3.13. The highest BCUT2D eigenvalue weighted by Gasteiger charge is 2.11. The third-order valence-corrected chi connectivity index (χ3v) is 4.03. The van der Waals surface area contributed by atoms with Crippen LogP contribution in [0.4, 0.5) is 0 Å². The van der Waals surface area contributed by atoms with Crippen LogP contribution in [-0.2, 0) is 13.1 Å². The zero-order chi connectivity index (χ0) is 13.1. The number of thiophene rings is 1. The first-order valence-corrected chi connectivity index (χ1v) is 6.95. The van der Waals surface area contributed by atoms with Crippen molar-refractivity contribution in [1.29, 1.82) is 0 Å². The van der Waals surface area contributed by atoms with Crippen molar-refractivity contribution in [3.63, 3.8) is 0 Å². The van der Waals surface area contributed by atoms with Crippen LogP contribution in [0.3, 0.4) is 0 Å². The molecule has 0 spiro atoms. The molecule has 0 aliphatic heterocycles. The summed E-state index contributed by atoms with van der Waals surface area (Å²) in [5.74, 6) is -0.395. The van der Waals surface area contributed by atoms with E-state index in [1.54, 1.807) is 17.4 Å². The molecule has 18 heavy (non-hydrogen) atoms. The van der Waals surface area contributed by atoms with Crippen LogP contribution >= 0.6 is 27.3 Å². The summed E-state index contributed by atoms with van der Waals surface area (Å²) in [7, 11) is 1.97. The van der Waals surface area contributed by atoms with Gasteiger partial charge in [0.25, 0.3) is 0 Å². The second kappa shape index (κ2) is 5.69. The minimum atomic E-state index is -1.04. The Labute approximate surface area is 117 Å². The van der Waals surface area contributed by atoms with Crippen LogP contribution in [0.2, 0.25) is 0 Å². The average molecular weight is 330 g/mol. The van der Waals surface area contributed by atoms with Crippen molar-refractivity contribution in [3.8, 4) is 0 Å². The number of halogens is 1. The van der Waals surface area contributed by atoms with Gasteiger partial charge in [0.05, 0.1) is 6.54 Å². The molecule has 0 saturated heterocycles. The van der Waals surface area contributed by atoms with Crippen molar-refractivity contribution in [2.45, 2.75) is 13.1 Å². The summed E-state index contributed by atoms with van der Waals surface area (Å²) < 4.78 is 6.30. The fourth-order valence-electron chi connectivity index (χ4n) is 1.60. The lowest BCUT2D eigenvalue weighted by atomic mass is 10.4. The van der Waals surface area contributed by atoms with Gasteiger partial charge in [0.1, 0.15) is 5.76 Å². The number of carbonyl (C=O) groups is 1. The van der Waals surface area contributed by atoms with Gasteiger partial charge >= 0.3 is 5.97 Å². The molecule has 2 aromatic rings. The first-order valence-electron chi connectivity index (χ1n) is 5.28. The number of aromatic carboxylic acids is 1. The van der Waals surface area contributed by atoms with E-state index < -0.39 is 5.97 Å². The maximum atomic E-state index is 10.7. The molecule has 0 aliphatic carbocycles. The molecule has 0 saturated carbocycles. The number of nitrogens with zero attached hydrogens (tertiary/aromatic N) is 1. The van der Waals surface area contributed by atoms with Gasteiger partial charge in [-0.2, -0.15) is 0 Å². The fraction of sp³-hybridized carbons (Fsp3) is 0.250. The molecule has 96 valence electrons. The quantitative estimate of drug-likeness (QED) is 0.912. The summed E-state index contributed by atoms with van der Waals surface area (Å²) in [5.41, 5.74) is 0. The minimum absolute atomic E-state index is 0.0164. The summed E-state index contributed by atoms with van der Waals surface area (Å²) in [6.07, 6.45) is 0. The monoisotopic (exact) mass is 329 g/mol. The Morgan fingerprint density at radius 3 is 2.83 bits per heavy atom. The van der Waals surface area contributed by atoms with Crippen LogP contribution in [0.5, 0.6) is 0 Å². The van der Waals surface area contributed by atoms with Crippen LogP contribution < -0.4 is 0 Å². The lowest BCUT2D eigenvalue weighted by Crippen LogP contribution is -2.16. The highest BCUT2D eigenvalue weighted by atomic mass is 79.9. The van der Waals surface area contributed by atoms with E-state index in [0.29, 0.717) is 12.3 Å². The largest absolute Gasteiger partial charge is 0.475 e. The van der Waals surface area contributed by atoms with E-state index in [0.717, 1.165) is 11.0 Å². The van der Waals surface area contributed by atoms with Crippen molar-refractivity contribution in [2.75, 3.05) is 7.05 Å². The maximum Gasteiger partial charge on any atom is 0.371 e. The number of furan rings is 1. The zero-order valence-corrected chi connectivity index (χ0v) is 12.1. The zero-order valence-electron chi connectivity index (χ0n) is 9.72. The van der Waals surface area contributed by atoms with Crippen molar-refractivity contribution in [3.05, 3.63) is 44.4 Å². The van der Waals surface area contributed by atoms with Crippen molar-refractivity contribution in [2.24, 2.45) is 0 Å². The van der Waals surface area contributed by atoms with Crippen LogP contribution in [-0.4, -0.2) is 23.0 Å². The first kappa shape index (κ1) is 13.3. The molecule has 0 atom stereocenters. The lowest BCUT2D eigenvalue weighted by molar-refractivity contribution is 0.0658. The Hall–Kier alpha value is -1.11. The molecule has 6 heteroatoms. The van der Waals surface area contributed by atoms with E-state index in [4.69, 9.17) is 9.52 Å². The van der Waals surface area contributed by atoms with Gasteiger partial charge in [0, 0.05) is 21.3 Å². The predicted octanol–water partition coefficient (Wildman–Crippen LogP) is 3.43. The Balaban J connectivity index is 1.94. The van der Waals surface area contributed by atoms with Gasteiger partial charge in [-0.05, 0) is 41.2 Å². The Kier molecular flexibility index (Phi) is 4.21. The number of hydrogen-bond acceptors (Lipinski definition) is 4. The number of hydrogen-bond donors (Lipinski definition) is 1. The summed E-state index contributed by atoms with van der Waals surface area (Å²) in [6.45, 7) is 1.39. The van der Waals surface area contributed by atoms with Gasteiger partial charge < -0.3 is 9.52 Å². The molecule has 0 aliphatic rings. The van der Waals surface area contributed by atoms with Crippen LogP contribution in [0, 0.1) is 0 Å². The standard InChI is InChI=1S/C12H12BrNO3S/c1-14(6-10-4-8(13)7-18-10)5-9-2-3-11(17-9)12(15)16/h2-4,7H,5-6H2,1H3,(H,15,16). The van der Waals surface area contributed by atoms with Gasteiger partial charge in [0.2, 0.25) is 5.76 Å². The van der Waals surface area contributed by atoms with E-state index in [2.05, 4.69) is 26.9 Å². The summed E-state index contributed by atoms with van der Waals surface area (Å²) >= 11 is 5.10. The van der Waals surface area contributed by atoms with E-state index in [1.807, 2.05) is 12.4 Å². The second-order valence-electron chi connectivity index (χ2n) is 3.97. The van der Waals surface area contributed by atoms with Crippen LogP contribution in [0.1, 0.15) is 21.2 Å². The van der Waals surface area contributed by atoms with E-state index in [9.17, 15) is 4.79 Å². The molecular weight excluding hydrogens is 318 g/mol. The smallest absolute Gasteiger partial charge is 0.371 e. The van der Waals surface area contributed by atoms with E-state index in [-0.39, 0.29) is 5.76 Å². The third kappa shape index (κ3) is 3.44. The molecule has 0 aromatic carbocycles. The lowest BCUT2D eigenvalue weighted by Gasteiger charge is -2.13. The normalized spacial score (nSPS) is 11.1. The molecule has 0 unspecified atom stereocenters. The number of carboxylic acid groups (broad SMARTS) is 1. The molecule has 1 N–H and O–H groups in total. The highest BCUT2D eigenvalue weighted by Crippen LogP contribution is 2.21. The second-order valence-corrected chi connectivity index (χ2v) is 5.89. The van der Waals surface area contributed by atoms with Gasteiger partial charge in [0.15, 0.2) is 0 Å². The first-order chi connectivity index (χ1) is 8.54. The summed E-state index contributed by atoms with van der Waals surface area (Å²) in [5, 5.41) is 10.8. The van der Waals surface area contributed by atoms with Crippen molar-refractivity contribution < 1.29 is 14.3 Å². The average Bonchev–Trinajstić information content (AvgIpc) is 2.88. The molecule has 2 rings (SSSR count). The molecule has 2 aromatic heterocycles. The van der Waals surface area contributed by atoms with Gasteiger partial charge in [-0.3, -0.25) is 4.90 Å². The topological polar surface area (TPSA) is 53.7 Å². The van der Waals surface area contributed by atoms with Crippen LogP contribution in [0.15, 0.2) is 32.5 Å². The van der Waals surface area contributed by atoms with E-state index >= 15 is 0 Å². The maximum absolute atomic E-state index is 10.7. The summed E-state index contributed by atoms with van der Waals surface area (Å²) in [6, 6.07) is 5.25. The van der Waals surface area contributed by atoms with Gasteiger partial charge in [-0.1, -0.05) is 0 Å². The Bertz CT molecular complexity index is 549. The number of carboxylic acids is 1. The van der Waals surface area contributed by atoms with Crippen molar-refractivity contribution in [1.82, 2.24) is 4.90 Å². The van der Waals surface area contributed by atoms with Gasteiger partial charge in [-0.25, -0.2) is 4.79 Å². The minimum Gasteiger partial charge on any atom is -0.475 e. The van der Waals surface area contributed by atoms with Gasteiger partial charge in [-0.15, -0.1) is 11.3 Å². The number of rotatable bonds is 5. The molecule has 0 amide bonds. The Morgan fingerprint density at radius 2 is 2.28 bits per heavy atom. The van der Waals surface area contributed by atoms with E-state index in [1.165, 1.54) is 10.9 Å². The molecule has 0 fully saturated rings. The third-order valence-electron chi connectivity index (χ3n) is 2.35. The highest BCUT2D eigenvalue weighted by molar-refractivity contribution is 9.10. The summed E-state index contributed by atoms with van der Waals surface area (Å²) in [4.78, 5) is 14.0. The Morgan fingerprint density at radius 1 is 1.50 bits per heavy atom. The molecule has 0 bridgehead atoms. The molecule has 4 nitrogen and oxygen atoms in total. The van der Waals surface area contributed by atoms with Crippen LogP contribution in [0.25, 0.3) is 0 Å².